The number of nitrogens with one attached hydrogen (secondary N) is 1. The Labute approximate surface area is 175 Å². The van der Waals surface area contributed by atoms with Crippen molar-refractivity contribution < 1.29 is 17.6 Å². The summed E-state index contributed by atoms with van der Waals surface area (Å²) in [5, 5.41) is 3.53. The molecule has 8 heteroatoms. The van der Waals surface area contributed by atoms with Gasteiger partial charge in [0.25, 0.3) is 5.91 Å². The van der Waals surface area contributed by atoms with E-state index in [1.54, 1.807) is 41.8 Å². The molecule has 1 aromatic heterocycles. The molecule has 2 aromatic carbocycles. The minimum absolute atomic E-state index is 0.0292. The summed E-state index contributed by atoms with van der Waals surface area (Å²) in [6, 6.07) is 14.0. The Morgan fingerprint density at radius 3 is 2.61 bits per heavy atom. The molecule has 0 saturated carbocycles. The molecule has 0 spiro atoms. The number of carbonyl (C=O) groups excluding carboxylic acids is 1. The van der Waals surface area contributed by atoms with Crippen LogP contribution in [0.4, 0.5) is 4.39 Å². The summed E-state index contributed by atoms with van der Waals surface area (Å²) in [5.41, 5.74) is 0.679. The van der Waals surface area contributed by atoms with Crippen LogP contribution in [0.15, 0.2) is 69.3 Å². The fourth-order valence-corrected chi connectivity index (χ4v) is 5.98. The molecule has 0 aliphatic carbocycles. The van der Waals surface area contributed by atoms with E-state index < -0.39 is 20.9 Å². The van der Waals surface area contributed by atoms with E-state index in [0.29, 0.717) is 10.4 Å². The zero-order valence-electron chi connectivity index (χ0n) is 14.9. The lowest BCUT2D eigenvalue weighted by Crippen LogP contribution is -2.31. The van der Waals surface area contributed by atoms with E-state index in [4.69, 9.17) is 0 Å². The van der Waals surface area contributed by atoms with E-state index in [0.717, 1.165) is 10.5 Å². The van der Waals surface area contributed by atoms with Gasteiger partial charge in [0.15, 0.2) is 9.84 Å². The van der Waals surface area contributed by atoms with E-state index >= 15 is 0 Å². The quantitative estimate of drug-likeness (QED) is 0.509. The lowest BCUT2D eigenvalue weighted by molar-refractivity contribution is 0.0953. The van der Waals surface area contributed by atoms with Crippen LogP contribution in [0.5, 0.6) is 0 Å². The van der Waals surface area contributed by atoms with Gasteiger partial charge in [-0.3, -0.25) is 4.79 Å². The number of sulfone groups is 1. The molecule has 3 rings (SSSR count). The van der Waals surface area contributed by atoms with Gasteiger partial charge in [0.1, 0.15) is 11.1 Å². The zero-order chi connectivity index (χ0) is 20.3. The molecule has 0 saturated heterocycles. The van der Waals surface area contributed by atoms with Gasteiger partial charge >= 0.3 is 0 Å². The molecule has 1 heterocycles. The van der Waals surface area contributed by atoms with E-state index in [1.807, 2.05) is 0 Å². The van der Waals surface area contributed by atoms with E-state index in [1.165, 1.54) is 30.4 Å². The molecular weight excluding hydrogens is 465 g/mol. The molecule has 28 heavy (non-hydrogen) atoms. The lowest BCUT2D eigenvalue weighted by Gasteiger charge is -2.18. The van der Waals surface area contributed by atoms with Crippen LogP contribution >= 0.6 is 27.3 Å². The van der Waals surface area contributed by atoms with Gasteiger partial charge in [0, 0.05) is 21.5 Å². The molecule has 0 fully saturated rings. The van der Waals surface area contributed by atoms with Crippen molar-refractivity contribution in [3.8, 4) is 0 Å². The SMILES string of the molecule is Cc1cc(S(=O)(=O)[C@@H](CNC(=O)c2cccc(Br)c2)c2cccs2)ccc1F. The van der Waals surface area contributed by atoms with Crippen LogP contribution in [0.3, 0.4) is 0 Å². The number of carbonyl (C=O) groups is 1. The second kappa shape index (κ2) is 8.55. The van der Waals surface area contributed by atoms with Crippen molar-refractivity contribution in [2.24, 2.45) is 0 Å². The van der Waals surface area contributed by atoms with Crippen molar-refractivity contribution in [1.82, 2.24) is 5.32 Å². The first-order valence-corrected chi connectivity index (χ1v) is 11.6. The molecular formula is C20H17BrFNO3S2. The predicted molar refractivity (Wildman–Crippen MR) is 112 cm³/mol. The van der Waals surface area contributed by atoms with Crippen LogP contribution in [0.2, 0.25) is 0 Å². The van der Waals surface area contributed by atoms with Crippen molar-refractivity contribution in [2.75, 3.05) is 6.54 Å². The number of hydrogen-bond donors (Lipinski definition) is 1. The number of thiophene rings is 1. The summed E-state index contributed by atoms with van der Waals surface area (Å²) in [6.45, 7) is 1.42. The van der Waals surface area contributed by atoms with Gasteiger partial charge in [-0.25, -0.2) is 12.8 Å². The first-order chi connectivity index (χ1) is 13.3. The van der Waals surface area contributed by atoms with Gasteiger partial charge in [-0.2, -0.15) is 0 Å². The molecule has 146 valence electrons. The minimum Gasteiger partial charge on any atom is -0.350 e. The zero-order valence-corrected chi connectivity index (χ0v) is 18.1. The van der Waals surface area contributed by atoms with E-state index in [2.05, 4.69) is 21.2 Å². The molecule has 3 aromatic rings. The van der Waals surface area contributed by atoms with Gasteiger partial charge in [-0.05, 0) is 60.3 Å². The van der Waals surface area contributed by atoms with Crippen LogP contribution in [0.25, 0.3) is 0 Å². The number of amides is 1. The molecule has 4 nitrogen and oxygen atoms in total. The molecule has 0 unspecified atom stereocenters. The Morgan fingerprint density at radius 1 is 1.18 bits per heavy atom. The number of hydrogen-bond acceptors (Lipinski definition) is 4. The van der Waals surface area contributed by atoms with Crippen molar-refractivity contribution >= 4 is 43.0 Å². The fourth-order valence-electron chi connectivity index (χ4n) is 2.71. The van der Waals surface area contributed by atoms with Crippen LogP contribution in [-0.4, -0.2) is 20.9 Å². The molecule has 0 aliphatic heterocycles. The Morgan fingerprint density at radius 2 is 1.96 bits per heavy atom. The maximum Gasteiger partial charge on any atom is 0.251 e. The highest BCUT2D eigenvalue weighted by molar-refractivity contribution is 9.10. The standard InChI is InChI=1S/C20H17BrFNO3S2/c1-13-10-16(7-8-17(13)22)28(25,26)19(18-6-3-9-27-18)12-23-20(24)14-4-2-5-15(21)11-14/h2-11,19H,12H2,1H3,(H,23,24)/t19-/m0/s1. The van der Waals surface area contributed by atoms with Crippen LogP contribution < -0.4 is 5.32 Å². The average Bonchev–Trinajstić information content (AvgIpc) is 3.18. The fraction of sp³-hybridized carbons (Fsp3) is 0.150. The van der Waals surface area contributed by atoms with Crippen molar-refractivity contribution in [1.29, 1.82) is 0 Å². The Bertz CT molecular complexity index is 1100. The topological polar surface area (TPSA) is 63.2 Å². The lowest BCUT2D eigenvalue weighted by atomic mass is 10.2. The number of halogens is 2. The molecule has 0 bridgehead atoms. The summed E-state index contributed by atoms with van der Waals surface area (Å²) < 4.78 is 40.8. The third kappa shape index (κ3) is 4.51. The van der Waals surface area contributed by atoms with Crippen molar-refractivity contribution in [3.63, 3.8) is 0 Å². The van der Waals surface area contributed by atoms with Gasteiger partial charge in [0.05, 0.1) is 4.90 Å². The summed E-state index contributed by atoms with van der Waals surface area (Å²) in [4.78, 5) is 13.1. The molecule has 0 aliphatic rings. The van der Waals surface area contributed by atoms with Crippen molar-refractivity contribution in [2.45, 2.75) is 17.1 Å². The summed E-state index contributed by atoms with van der Waals surface area (Å²) in [6.07, 6.45) is 0. The Kier molecular flexibility index (Phi) is 6.32. The normalized spacial score (nSPS) is 12.5. The average molecular weight is 482 g/mol. The minimum atomic E-state index is -3.83. The highest BCUT2D eigenvalue weighted by Gasteiger charge is 2.31. The molecule has 1 atom stereocenters. The van der Waals surface area contributed by atoms with E-state index in [9.17, 15) is 17.6 Å². The van der Waals surface area contributed by atoms with Gasteiger partial charge in [0.2, 0.25) is 0 Å². The molecule has 1 N–H and O–H groups in total. The first kappa shape index (κ1) is 20.7. The predicted octanol–water partition coefficient (Wildman–Crippen LogP) is 4.90. The Hall–Kier alpha value is -2.03. The monoisotopic (exact) mass is 481 g/mol. The third-order valence-corrected chi connectivity index (χ3v) is 7.94. The largest absolute Gasteiger partial charge is 0.350 e. The van der Waals surface area contributed by atoms with Crippen LogP contribution in [-0.2, 0) is 9.84 Å². The van der Waals surface area contributed by atoms with Crippen molar-refractivity contribution in [3.05, 3.63) is 86.3 Å². The highest BCUT2D eigenvalue weighted by atomic mass is 79.9. The second-order valence-corrected chi connectivity index (χ2v) is 10.2. The maximum absolute atomic E-state index is 13.6. The van der Waals surface area contributed by atoms with Crippen LogP contribution in [0, 0.1) is 12.7 Å². The first-order valence-electron chi connectivity index (χ1n) is 8.36. The highest BCUT2D eigenvalue weighted by Crippen LogP contribution is 2.32. The summed E-state index contributed by atoms with van der Waals surface area (Å²) >= 11 is 4.61. The van der Waals surface area contributed by atoms with E-state index in [-0.39, 0.29) is 22.9 Å². The molecule has 1 amide bonds. The van der Waals surface area contributed by atoms with Crippen LogP contribution in [0.1, 0.15) is 26.0 Å². The molecule has 0 radical (unpaired) electrons. The summed E-state index contributed by atoms with van der Waals surface area (Å²) in [7, 11) is -3.83. The third-order valence-electron chi connectivity index (χ3n) is 4.23. The summed E-state index contributed by atoms with van der Waals surface area (Å²) in [5.74, 6) is -0.831. The van der Waals surface area contributed by atoms with Gasteiger partial charge < -0.3 is 5.32 Å². The van der Waals surface area contributed by atoms with Gasteiger partial charge in [-0.1, -0.05) is 28.1 Å². The number of benzene rings is 2. The maximum atomic E-state index is 13.6. The second-order valence-electron chi connectivity index (χ2n) is 6.18. The smallest absolute Gasteiger partial charge is 0.251 e. The van der Waals surface area contributed by atoms with Gasteiger partial charge in [-0.15, -0.1) is 11.3 Å². The number of aryl methyl sites for hydroxylation is 1. The number of rotatable bonds is 6. The Balaban J connectivity index is 1.89.